The first kappa shape index (κ1) is 16.1. The quantitative estimate of drug-likeness (QED) is 0.643. The van der Waals surface area contributed by atoms with Gasteiger partial charge in [-0.25, -0.2) is 13.4 Å². The van der Waals surface area contributed by atoms with E-state index in [0.29, 0.717) is 10.8 Å². The summed E-state index contributed by atoms with van der Waals surface area (Å²) >= 11 is 0. The van der Waals surface area contributed by atoms with Crippen molar-refractivity contribution < 1.29 is 22.7 Å². The van der Waals surface area contributed by atoms with Crippen molar-refractivity contribution in [2.24, 2.45) is 11.7 Å². The van der Waals surface area contributed by atoms with Crippen LogP contribution in [0.3, 0.4) is 0 Å². The molecular weight excluding hydrogens is 313 g/mol. The highest BCUT2D eigenvalue weighted by atomic mass is 32.2. The number of benzene rings is 1. The molecular formula is C13H14FN3O4S. The van der Waals surface area contributed by atoms with Crippen LogP contribution in [0.1, 0.15) is 12.5 Å². The zero-order valence-corrected chi connectivity index (χ0v) is 12.4. The summed E-state index contributed by atoms with van der Waals surface area (Å²) in [5.74, 6) is 2.66. The predicted molar refractivity (Wildman–Crippen MR) is 77.6 cm³/mol. The molecule has 4 N–H and O–H groups in total. The molecule has 0 aliphatic carbocycles. The number of aromatic hydroxyl groups is 1. The number of rotatable bonds is 2. The van der Waals surface area contributed by atoms with Crippen LogP contribution in [-0.4, -0.2) is 32.5 Å². The Bertz CT molecular complexity index is 782. The van der Waals surface area contributed by atoms with Crippen LogP contribution < -0.4 is 14.8 Å². The zero-order chi connectivity index (χ0) is 16.5. The largest absolute Gasteiger partial charge is 0.506 e. The van der Waals surface area contributed by atoms with Crippen molar-refractivity contribution in [2.45, 2.75) is 6.92 Å². The Hall–Kier alpha value is -2.31. The Kier molecular flexibility index (Phi) is 4.25. The molecule has 1 aliphatic heterocycles. The second kappa shape index (κ2) is 5.82. The van der Waals surface area contributed by atoms with Gasteiger partial charge in [-0.3, -0.25) is 4.79 Å². The Morgan fingerprint density at radius 1 is 1.55 bits per heavy atom. The molecule has 7 nitrogen and oxygen atoms in total. The molecule has 1 atom stereocenters. The van der Waals surface area contributed by atoms with E-state index in [1.165, 1.54) is 6.07 Å². The number of anilines is 1. The summed E-state index contributed by atoms with van der Waals surface area (Å²) < 4.78 is 40.2. The average molecular weight is 327 g/mol. The third-order valence-corrected chi connectivity index (χ3v) is 4.35. The lowest BCUT2D eigenvalue weighted by Gasteiger charge is -2.17. The number of nitrogens with two attached hydrogens (primary N) is 1. The number of phenolic OH excluding ortho intramolecular Hbond substituents is 1. The van der Waals surface area contributed by atoms with Crippen molar-refractivity contribution in [3.63, 3.8) is 0 Å². The van der Waals surface area contributed by atoms with E-state index in [4.69, 9.17) is 5.73 Å². The van der Waals surface area contributed by atoms with Crippen LogP contribution >= 0.6 is 0 Å². The Labute approximate surface area is 127 Å². The molecule has 1 fully saturated rings. The Morgan fingerprint density at radius 2 is 2.23 bits per heavy atom. The molecule has 0 radical (unpaired) electrons. The second-order valence-electron chi connectivity index (χ2n) is 4.74. The minimum Gasteiger partial charge on any atom is -0.506 e. The van der Waals surface area contributed by atoms with Gasteiger partial charge in [-0.05, 0) is 12.1 Å². The van der Waals surface area contributed by atoms with E-state index in [0.717, 1.165) is 6.07 Å². The summed E-state index contributed by atoms with van der Waals surface area (Å²) in [4.78, 5) is 11.2. The molecule has 0 spiro atoms. The van der Waals surface area contributed by atoms with Gasteiger partial charge in [0.05, 0.1) is 5.56 Å². The highest BCUT2D eigenvalue weighted by molar-refractivity contribution is 7.92. The van der Waals surface area contributed by atoms with Crippen molar-refractivity contribution in [2.75, 3.05) is 17.4 Å². The topological polar surface area (TPSA) is 113 Å². The fraction of sp³-hybridized carbons (Fsp3) is 0.308. The van der Waals surface area contributed by atoms with Gasteiger partial charge in [-0.2, -0.15) is 8.42 Å². The van der Waals surface area contributed by atoms with Gasteiger partial charge in [0.1, 0.15) is 18.0 Å². The molecule has 118 valence electrons. The van der Waals surface area contributed by atoms with Crippen molar-refractivity contribution in [1.29, 1.82) is 0 Å². The van der Waals surface area contributed by atoms with Crippen molar-refractivity contribution in [1.82, 2.24) is 4.72 Å². The van der Waals surface area contributed by atoms with Gasteiger partial charge >= 0.3 is 10.2 Å². The first-order valence-corrected chi connectivity index (χ1v) is 7.76. The Balaban J connectivity index is 2.53. The van der Waals surface area contributed by atoms with E-state index >= 15 is 0 Å². The van der Waals surface area contributed by atoms with Gasteiger partial charge in [-0.15, -0.1) is 0 Å². The summed E-state index contributed by atoms with van der Waals surface area (Å²) in [6.45, 7) is 1.43. The second-order valence-corrected chi connectivity index (χ2v) is 6.33. The SMILES string of the molecule is CC(C#Cc1ccc(O)c(N2CC(=O)NS2(=O)=O)c1F)CN. The predicted octanol–water partition coefficient (Wildman–Crippen LogP) is -0.341. The van der Waals surface area contributed by atoms with Crippen LogP contribution in [0.2, 0.25) is 0 Å². The number of halogens is 1. The molecule has 0 saturated carbocycles. The summed E-state index contributed by atoms with van der Waals surface area (Å²) in [6.07, 6.45) is 0. The molecule has 9 heteroatoms. The first-order valence-electron chi connectivity index (χ1n) is 6.32. The number of nitrogens with one attached hydrogen (secondary N) is 1. The van der Waals surface area contributed by atoms with E-state index in [2.05, 4.69) is 11.8 Å². The normalized spacial score (nSPS) is 17.6. The van der Waals surface area contributed by atoms with E-state index in [1.54, 1.807) is 11.6 Å². The molecule has 1 aromatic rings. The summed E-state index contributed by atoms with van der Waals surface area (Å²) in [5.41, 5.74) is 4.71. The van der Waals surface area contributed by atoms with Gasteiger partial charge in [0.2, 0.25) is 0 Å². The third-order valence-electron chi connectivity index (χ3n) is 2.97. The number of carbonyl (C=O) groups is 1. The summed E-state index contributed by atoms with van der Waals surface area (Å²) in [7, 11) is -4.22. The molecule has 0 bridgehead atoms. The highest BCUT2D eigenvalue weighted by Crippen LogP contribution is 2.34. The number of amides is 1. The lowest BCUT2D eigenvalue weighted by Crippen LogP contribution is -2.30. The zero-order valence-electron chi connectivity index (χ0n) is 11.6. The molecule has 1 heterocycles. The average Bonchev–Trinajstić information content (AvgIpc) is 2.70. The maximum atomic E-state index is 14.5. The lowest BCUT2D eigenvalue weighted by molar-refractivity contribution is -0.117. The van der Waals surface area contributed by atoms with Gasteiger partial charge in [0.15, 0.2) is 5.82 Å². The van der Waals surface area contributed by atoms with Crippen LogP contribution in [0.25, 0.3) is 0 Å². The maximum absolute atomic E-state index is 14.5. The van der Waals surface area contributed by atoms with Crippen LogP contribution in [0.15, 0.2) is 12.1 Å². The summed E-state index contributed by atoms with van der Waals surface area (Å²) in [6, 6.07) is 2.34. The number of carbonyl (C=O) groups excluding carboxylic acids is 1. The van der Waals surface area contributed by atoms with Crippen LogP contribution in [0.4, 0.5) is 10.1 Å². The summed E-state index contributed by atoms with van der Waals surface area (Å²) in [5, 5.41) is 9.76. The molecule has 22 heavy (non-hydrogen) atoms. The molecule has 1 amide bonds. The van der Waals surface area contributed by atoms with E-state index in [9.17, 15) is 22.7 Å². The monoisotopic (exact) mass is 327 g/mol. The third kappa shape index (κ3) is 2.98. The highest BCUT2D eigenvalue weighted by Gasteiger charge is 2.37. The minimum absolute atomic E-state index is 0.0948. The number of hydrogen-bond donors (Lipinski definition) is 3. The van der Waals surface area contributed by atoms with Gasteiger partial charge in [0, 0.05) is 12.5 Å². The Morgan fingerprint density at radius 3 is 2.77 bits per heavy atom. The smallest absolute Gasteiger partial charge is 0.326 e. The molecule has 1 saturated heterocycles. The van der Waals surface area contributed by atoms with Crippen molar-refractivity contribution >= 4 is 21.8 Å². The van der Waals surface area contributed by atoms with Gasteiger partial charge in [-0.1, -0.05) is 18.8 Å². The molecule has 2 rings (SSSR count). The fourth-order valence-electron chi connectivity index (χ4n) is 1.79. The van der Waals surface area contributed by atoms with E-state index < -0.39 is 39.9 Å². The lowest BCUT2D eigenvalue weighted by atomic mass is 10.1. The van der Waals surface area contributed by atoms with Crippen molar-refractivity contribution in [3.8, 4) is 17.6 Å². The number of nitrogens with zero attached hydrogens (tertiary/aromatic N) is 1. The van der Waals surface area contributed by atoms with Crippen LogP contribution in [0.5, 0.6) is 5.75 Å². The van der Waals surface area contributed by atoms with Crippen LogP contribution in [0, 0.1) is 23.6 Å². The molecule has 0 aromatic heterocycles. The molecule has 1 aliphatic rings. The number of hydrogen-bond acceptors (Lipinski definition) is 5. The standard InChI is InChI=1S/C13H14FN3O4S/c1-8(6-15)2-3-9-4-5-10(18)13(12(9)14)17-7-11(19)16-22(17,20)21/h4-5,8,18H,6-7,15H2,1H3,(H,16,19). The number of phenols is 1. The van der Waals surface area contributed by atoms with E-state index in [1.807, 2.05) is 0 Å². The minimum atomic E-state index is -4.22. The molecule has 1 aromatic carbocycles. The van der Waals surface area contributed by atoms with Gasteiger partial charge < -0.3 is 10.8 Å². The first-order chi connectivity index (χ1) is 10.3. The van der Waals surface area contributed by atoms with Crippen LogP contribution in [-0.2, 0) is 15.0 Å². The fourth-order valence-corrected chi connectivity index (χ4v) is 2.96. The van der Waals surface area contributed by atoms with Crippen molar-refractivity contribution in [3.05, 3.63) is 23.5 Å². The van der Waals surface area contributed by atoms with Gasteiger partial charge in [0.25, 0.3) is 5.91 Å². The molecule has 1 unspecified atom stereocenters. The maximum Gasteiger partial charge on any atom is 0.326 e. The van der Waals surface area contributed by atoms with E-state index in [-0.39, 0.29) is 11.5 Å².